The molecule has 0 heterocycles. The van der Waals surface area contributed by atoms with E-state index < -0.39 is 17.1 Å². The highest BCUT2D eigenvalue weighted by molar-refractivity contribution is 8.00. The molecular formula is C36H37N3O8S. The van der Waals surface area contributed by atoms with Gasteiger partial charge in [-0.25, -0.2) is 0 Å². The summed E-state index contributed by atoms with van der Waals surface area (Å²) in [6.07, 6.45) is 1.52. The van der Waals surface area contributed by atoms with Crippen molar-refractivity contribution in [3.63, 3.8) is 0 Å². The van der Waals surface area contributed by atoms with Crippen LogP contribution in [0.25, 0.3) is 6.08 Å². The topological polar surface area (TPSA) is 133 Å². The number of methoxy groups -OCH3 is 5. The highest BCUT2D eigenvalue weighted by Gasteiger charge is 2.19. The Bertz CT molecular complexity index is 1750. The first kappa shape index (κ1) is 35.2. The molecule has 1 atom stereocenters. The van der Waals surface area contributed by atoms with Crippen molar-refractivity contribution >= 4 is 46.9 Å². The predicted octanol–water partition coefficient (Wildman–Crippen LogP) is 6.26. The summed E-state index contributed by atoms with van der Waals surface area (Å²) < 4.78 is 26.9. The normalized spacial score (nSPS) is 11.5. The molecule has 0 bridgehead atoms. The minimum Gasteiger partial charge on any atom is -0.497 e. The summed E-state index contributed by atoms with van der Waals surface area (Å²) >= 11 is 1.35. The summed E-state index contributed by atoms with van der Waals surface area (Å²) in [5.74, 6) is 1.02. The molecule has 0 radical (unpaired) electrons. The molecule has 0 fully saturated rings. The molecule has 4 aromatic carbocycles. The van der Waals surface area contributed by atoms with E-state index in [4.69, 9.17) is 23.7 Å². The Morgan fingerprint density at radius 1 is 0.708 bits per heavy atom. The standard InChI is InChI=1S/C36H37N3O8S/c1-22(34(40)38-28-17-14-26(43-2)21-30(28)44-3)48-27-15-12-25(13-16-27)37-36(42)29(39-35(41)24-10-8-7-9-11-24)18-23-19-31(45-4)33(47-6)32(20-23)46-5/h7-22H,1-6H3,(H,37,42)(H,38,40)(H,39,41)/b29-18-. The molecule has 12 heteroatoms. The molecule has 0 aliphatic rings. The van der Waals surface area contributed by atoms with Crippen LogP contribution in [0.1, 0.15) is 22.8 Å². The van der Waals surface area contributed by atoms with E-state index >= 15 is 0 Å². The molecular weight excluding hydrogens is 634 g/mol. The SMILES string of the molecule is COc1ccc(NC(=O)C(C)Sc2ccc(NC(=O)/C(=C/c3cc(OC)c(OC)c(OC)c3)NC(=O)c3ccccc3)cc2)c(OC)c1. The van der Waals surface area contributed by atoms with Gasteiger partial charge in [0.05, 0.1) is 46.5 Å². The second-order valence-electron chi connectivity index (χ2n) is 10.1. The van der Waals surface area contributed by atoms with Crippen LogP contribution in [0.5, 0.6) is 28.7 Å². The highest BCUT2D eigenvalue weighted by Crippen LogP contribution is 2.39. The van der Waals surface area contributed by atoms with Gasteiger partial charge < -0.3 is 39.6 Å². The zero-order valence-corrected chi connectivity index (χ0v) is 28.2. The van der Waals surface area contributed by atoms with E-state index in [1.165, 1.54) is 46.3 Å². The molecule has 0 spiro atoms. The quantitative estimate of drug-likeness (QED) is 0.105. The Labute approximate surface area is 283 Å². The Balaban J connectivity index is 1.50. The van der Waals surface area contributed by atoms with Gasteiger partial charge in [0.2, 0.25) is 11.7 Å². The van der Waals surface area contributed by atoms with Crippen molar-refractivity contribution in [2.75, 3.05) is 46.2 Å². The Morgan fingerprint density at radius 3 is 1.94 bits per heavy atom. The van der Waals surface area contributed by atoms with E-state index in [-0.39, 0.29) is 11.6 Å². The van der Waals surface area contributed by atoms with Gasteiger partial charge in [0.25, 0.3) is 11.8 Å². The number of anilines is 2. The van der Waals surface area contributed by atoms with Gasteiger partial charge >= 0.3 is 0 Å². The van der Waals surface area contributed by atoms with Crippen molar-refractivity contribution < 1.29 is 38.1 Å². The fourth-order valence-corrected chi connectivity index (χ4v) is 5.37. The molecule has 0 saturated heterocycles. The van der Waals surface area contributed by atoms with Gasteiger partial charge in [-0.05, 0) is 79.2 Å². The van der Waals surface area contributed by atoms with Crippen LogP contribution >= 0.6 is 11.8 Å². The first-order valence-electron chi connectivity index (χ1n) is 14.7. The van der Waals surface area contributed by atoms with Crippen LogP contribution in [-0.2, 0) is 9.59 Å². The molecule has 0 saturated carbocycles. The van der Waals surface area contributed by atoms with E-state index in [1.54, 1.807) is 99.0 Å². The number of amides is 3. The van der Waals surface area contributed by atoms with E-state index in [1.807, 2.05) is 0 Å². The number of nitrogens with one attached hydrogen (secondary N) is 3. The van der Waals surface area contributed by atoms with Crippen molar-refractivity contribution in [1.82, 2.24) is 5.32 Å². The van der Waals surface area contributed by atoms with Gasteiger partial charge in [-0.15, -0.1) is 11.8 Å². The lowest BCUT2D eigenvalue weighted by Crippen LogP contribution is -2.30. The maximum Gasteiger partial charge on any atom is 0.272 e. The Kier molecular flexibility index (Phi) is 12.3. The highest BCUT2D eigenvalue weighted by atomic mass is 32.2. The lowest BCUT2D eigenvalue weighted by atomic mass is 10.1. The van der Waals surface area contributed by atoms with Crippen LogP contribution in [-0.4, -0.2) is 58.5 Å². The molecule has 3 amide bonds. The molecule has 3 N–H and O–H groups in total. The fraction of sp³-hybridized carbons (Fsp3) is 0.194. The van der Waals surface area contributed by atoms with Crippen LogP contribution in [0.4, 0.5) is 11.4 Å². The van der Waals surface area contributed by atoms with Crippen LogP contribution in [0.3, 0.4) is 0 Å². The average molecular weight is 672 g/mol. The smallest absolute Gasteiger partial charge is 0.272 e. The van der Waals surface area contributed by atoms with Gasteiger partial charge in [0.15, 0.2) is 11.5 Å². The molecule has 48 heavy (non-hydrogen) atoms. The molecule has 11 nitrogen and oxygen atoms in total. The van der Waals surface area contributed by atoms with Gasteiger partial charge in [-0.3, -0.25) is 14.4 Å². The maximum atomic E-state index is 13.6. The molecule has 0 aliphatic carbocycles. The average Bonchev–Trinajstić information content (AvgIpc) is 3.11. The number of thioether (sulfide) groups is 1. The monoisotopic (exact) mass is 671 g/mol. The van der Waals surface area contributed by atoms with Crippen molar-refractivity contribution in [2.45, 2.75) is 17.1 Å². The number of carbonyl (C=O) groups is 3. The van der Waals surface area contributed by atoms with Crippen LogP contribution in [0, 0.1) is 0 Å². The van der Waals surface area contributed by atoms with Crippen LogP contribution in [0.15, 0.2) is 95.5 Å². The number of benzene rings is 4. The molecule has 4 aromatic rings. The summed E-state index contributed by atoms with van der Waals surface area (Å²) in [7, 11) is 7.55. The minimum absolute atomic E-state index is 0.0177. The van der Waals surface area contributed by atoms with E-state index in [0.29, 0.717) is 51.2 Å². The van der Waals surface area contributed by atoms with Gasteiger partial charge in [0.1, 0.15) is 17.2 Å². The summed E-state index contributed by atoms with van der Waals surface area (Å²) in [4.78, 5) is 40.4. The van der Waals surface area contributed by atoms with Gasteiger partial charge in [-0.2, -0.15) is 0 Å². The van der Waals surface area contributed by atoms with Crippen molar-refractivity contribution in [3.05, 3.63) is 102 Å². The third-order valence-corrected chi connectivity index (χ3v) is 8.10. The van der Waals surface area contributed by atoms with Gasteiger partial charge in [0, 0.05) is 22.2 Å². The summed E-state index contributed by atoms with van der Waals surface area (Å²) in [5.41, 5.74) is 1.90. The number of hydrogen-bond donors (Lipinski definition) is 3. The molecule has 0 aliphatic heterocycles. The fourth-order valence-electron chi connectivity index (χ4n) is 4.50. The van der Waals surface area contributed by atoms with E-state index in [2.05, 4.69) is 16.0 Å². The first-order chi connectivity index (χ1) is 23.2. The van der Waals surface area contributed by atoms with Crippen molar-refractivity contribution in [1.29, 1.82) is 0 Å². The summed E-state index contributed by atoms with van der Waals surface area (Å²) in [5, 5.41) is 8.00. The number of ether oxygens (including phenoxy) is 5. The summed E-state index contributed by atoms with van der Waals surface area (Å²) in [6, 6.07) is 24.1. The largest absolute Gasteiger partial charge is 0.497 e. The second-order valence-corrected chi connectivity index (χ2v) is 11.5. The lowest BCUT2D eigenvalue weighted by Gasteiger charge is -2.16. The zero-order valence-electron chi connectivity index (χ0n) is 27.4. The first-order valence-corrected chi connectivity index (χ1v) is 15.6. The van der Waals surface area contributed by atoms with E-state index in [9.17, 15) is 14.4 Å². The van der Waals surface area contributed by atoms with E-state index in [0.717, 1.165) is 4.90 Å². The molecule has 4 rings (SSSR count). The zero-order chi connectivity index (χ0) is 34.6. The minimum atomic E-state index is -0.561. The van der Waals surface area contributed by atoms with Crippen LogP contribution in [0.2, 0.25) is 0 Å². The third-order valence-electron chi connectivity index (χ3n) is 6.99. The Hall–Kier alpha value is -5.62. The van der Waals surface area contributed by atoms with Crippen molar-refractivity contribution in [2.24, 2.45) is 0 Å². The predicted molar refractivity (Wildman–Crippen MR) is 187 cm³/mol. The van der Waals surface area contributed by atoms with Gasteiger partial charge in [-0.1, -0.05) is 18.2 Å². The molecule has 1 unspecified atom stereocenters. The Morgan fingerprint density at radius 2 is 1.35 bits per heavy atom. The third kappa shape index (κ3) is 9.01. The number of hydrogen-bond acceptors (Lipinski definition) is 9. The van der Waals surface area contributed by atoms with Crippen molar-refractivity contribution in [3.8, 4) is 28.7 Å². The maximum absolute atomic E-state index is 13.6. The number of carbonyl (C=O) groups excluding carboxylic acids is 3. The number of rotatable bonds is 14. The molecule has 0 aromatic heterocycles. The lowest BCUT2D eigenvalue weighted by molar-refractivity contribution is -0.115. The summed E-state index contributed by atoms with van der Waals surface area (Å²) in [6.45, 7) is 1.79. The second kappa shape index (κ2) is 16.8. The molecule has 250 valence electrons. The van der Waals surface area contributed by atoms with Crippen LogP contribution < -0.4 is 39.6 Å².